The minimum absolute atomic E-state index is 0.0618. The highest BCUT2D eigenvalue weighted by molar-refractivity contribution is 5.67. The third-order valence-electron chi connectivity index (χ3n) is 3.96. The number of nitrogen functional groups attached to an aromatic ring is 1. The third kappa shape index (κ3) is 3.32. The van der Waals surface area contributed by atoms with Crippen LogP contribution in [-0.2, 0) is 0 Å². The quantitative estimate of drug-likeness (QED) is 0.917. The first-order valence-electron chi connectivity index (χ1n) is 7.51. The molecule has 2 rings (SSSR count). The summed E-state index contributed by atoms with van der Waals surface area (Å²) < 4.78 is 5.63. The van der Waals surface area contributed by atoms with Crippen LogP contribution in [0.4, 0.5) is 11.5 Å². The lowest BCUT2D eigenvalue weighted by Crippen LogP contribution is -2.36. The van der Waals surface area contributed by atoms with Crippen LogP contribution in [0.25, 0.3) is 0 Å². The molecule has 2 heterocycles. The Hall–Kier alpha value is -1.52. The molecule has 0 amide bonds. The lowest BCUT2D eigenvalue weighted by molar-refractivity contribution is 0.233. The van der Waals surface area contributed by atoms with E-state index in [1.54, 1.807) is 0 Å². The van der Waals surface area contributed by atoms with E-state index in [0.29, 0.717) is 11.6 Å². The largest absolute Gasteiger partial charge is 0.473 e. The minimum Gasteiger partial charge on any atom is -0.473 e. The summed E-state index contributed by atoms with van der Waals surface area (Å²) >= 11 is 0. The third-order valence-corrected chi connectivity index (χ3v) is 3.96. The van der Waals surface area contributed by atoms with Crippen LogP contribution in [0.15, 0.2) is 6.33 Å². The number of piperidine rings is 1. The first-order chi connectivity index (χ1) is 9.49. The SMILES string of the molecule is CC(C)Oc1ncnc(N2CCC(C(C)C)CC2)c1N. The van der Waals surface area contributed by atoms with Crippen molar-refractivity contribution in [3.63, 3.8) is 0 Å². The van der Waals surface area contributed by atoms with Crippen molar-refractivity contribution in [1.29, 1.82) is 0 Å². The molecule has 1 fully saturated rings. The van der Waals surface area contributed by atoms with E-state index in [0.717, 1.165) is 30.7 Å². The highest BCUT2D eigenvalue weighted by Gasteiger charge is 2.24. The molecular formula is C15H26N4O. The van der Waals surface area contributed by atoms with Gasteiger partial charge in [-0.15, -0.1) is 0 Å². The Balaban J connectivity index is 2.10. The van der Waals surface area contributed by atoms with Crippen molar-refractivity contribution in [1.82, 2.24) is 9.97 Å². The van der Waals surface area contributed by atoms with Crippen molar-refractivity contribution in [3.05, 3.63) is 6.33 Å². The summed E-state index contributed by atoms with van der Waals surface area (Å²) in [6, 6.07) is 0. The van der Waals surface area contributed by atoms with E-state index in [2.05, 4.69) is 28.7 Å². The van der Waals surface area contributed by atoms with Gasteiger partial charge in [-0.1, -0.05) is 13.8 Å². The second-order valence-electron chi connectivity index (χ2n) is 6.15. The van der Waals surface area contributed by atoms with E-state index < -0.39 is 0 Å². The Bertz CT molecular complexity index is 439. The number of hydrogen-bond acceptors (Lipinski definition) is 5. The predicted octanol–water partition coefficient (Wildman–Crippen LogP) is 2.72. The van der Waals surface area contributed by atoms with Gasteiger partial charge >= 0.3 is 0 Å². The van der Waals surface area contributed by atoms with Crippen LogP contribution < -0.4 is 15.4 Å². The van der Waals surface area contributed by atoms with Gasteiger partial charge in [0, 0.05) is 13.1 Å². The van der Waals surface area contributed by atoms with Crippen molar-refractivity contribution in [3.8, 4) is 5.88 Å². The van der Waals surface area contributed by atoms with Gasteiger partial charge in [-0.3, -0.25) is 0 Å². The maximum Gasteiger partial charge on any atom is 0.242 e. The second-order valence-corrected chi connectivity index (χ2v) is 6.15. The molecule has 0 saturated carbocycles. The van der Waals surface area contributed by atoms with Crippen molar-refractivity contribution in [2.75, 3.05) is 23.7 Å². The van der Waals surface area contributed by atoms with Gasteiger partial charge in [0.15, 0.2) is 5.82 Å². The summed E-state index contributed by atoms with van der Waals surface area (Å²) in [6.07, 6.45) is 3.99. The predicted molar refractivity (Wildman–Crippen MR) is 82.0 cm³/mol. The molecule has 2 N–H and O–H groups in total. The number of rotatable bonds is 4. The highest BCUT2D eigenvalue weighted by atomic mass is 16.5. The maximum atomic E-state index is 6.17. The van der Waals surface area contributed by atoms with Gasteiger partial charge in [-0.25, -0.2) is 4.98 Å². The second kappa shape index (κ2) is 6.29. The van der Waals surface area contributed by atoms with Gasteiger partial charge in [0.1, 0.15) is 12.0 Å². The Morgan fingerprint density at radius 1 is 1.20 bits per heavy atom. The summed E-state index contributed by atoms with van der Waals surface area (Å²) in [4.78, 5) is 10.7. The van der Waals surface area contributed by atoms with Crippen molar-refractivity contribution in [2.24, 2.45) is 11.8 Å². The molecule has 0 aromatic carbocycles. The minimum atomic E-state index is 0.0618. The standard InChI is InChI=1S/C15H26N4O/c1-10(2)12-5-7-19(8-6-12)14-13(16)15(18-9-17-14)20-11(3)4/h9-12H,5-8,16H2,1-4H3. The average molecular weight is 278 g/mol. The van der Waals surface area contributed by atoms with E-state index in [1.165, 1.54) is 19.2 Å². The van der Waals surface area contributed by atoms with E-state index in [4.69, 9.17) is 10.5 Å². The van der Waals surface area contributed by atoms with Gasteiger partial charge in [0.25, 0.3) is 0 Å². The zero-order chi connectivity index (χ0) is 14.7. The van der Waals surface area contributed by atoms with Crippen LogP contribution in [0.1, 0.15) is 40.5 Å². The maximum absolute atomic E-state index is 6.17. The van der Waals surface area contributed by atoms with Crippen LogP contribution in [0.5, 0.6) is 5.88 Å². The molecule has 5 heteroatoms. The fourth-order valence-electron chi connectivity index (χ4n) is 2.72. The molecule has 1 aromatic heterocycles. The summed E-state index contributed by atoms with van der Waals surface area (Å²) in [6.45, 7) is 10.5. The van der Waals surface area contributed by atoms with Crippen molar-refractivity contribution in [2.45, 2.75) is 46.6 Å². The Morgan fingerprint density at radius 2 is 1.85 bits per heavy atom. The molecule has 0 bridgehead atoms. The zero-order valence-corrected chi connectivity index (χ0v) is 13.0. The van der Waals surface area contributed by atoms with E-state index in [9.17, 15) is 0 Å². The van der Waals surface area contributed by atoms with Crippen LogP contribution in [-0.4, -0.2) is 29.2 Å². The molecule has 0 unspecified atom stereocenters. The molecule has 0 radical (unpaired) electrons. The zero-order valence-electron chi connectivity index (χ0n) is 13.0. The molecule has 20 heavy (non-hydrogen) atoms. The Kier molecular flexibility index (Phi) is 4.68. The molecule has 1 aliphatic rings. The summed E-state index contributed by atoms with van der Waals surface area (Å²) in [5, 5.41) is 0. The number of aromatic nitrogens is 2. The highest BCUT2D eigenvalue weighted by Crippen LogP contribution is 2.32. The van der Waals surface area contributed by atoms with E-state index in [1.807, 2.05) is 13.8 Å². The molecular weight excluding hydrogens is 252 g/mol. The van der Waals surface area contributed by atoms with Crippen LogP contribution in [0.3, 0.4) is 0 Å². The van der Waals surface area contributed by atoms with Gasteiger partial charge in [-0.2, -0.15) is 4.98 Å². The molecule has 1 aliphatic heterocycles. The summed E-state index contributed by atoms with van der Waals surface area (Å²) in [5.74, 6) is 2.87. The number of ether oxygens (including phenoxy) is 1. The smallest absolute Gasteiger partial charge is 0.242 e. The summed E-state index contributed by atoms with van der Waals surface area (Å²) in [5.41, 5.74) is 6.72. The first-order valence-corrected chi connectivity index (χ1v) is 7.51. The fourth-order valence-corrected chi connectivity index (χ4v) is 2.72. The molecule has 0 spiro atoms. The van der Waals surface area contributed by atoms with Crippen LogP contribution >= 0.6 is 0 Å². The number of anilines is 2. The Labute approximate surface area is 121 Å². The van der Waals surface area contributed by atoms with Crippen molar-refractivity contribution < 1.29 is 4.74 Å². The first kappa shape index (κ1) is 14.9. The molecule has 1 aromatic rings. The fraction of sp³-hybridized carbons (Fsp3) is 0.733. The van der Waals surface area contributed by atoms with Gasteiger partial charge in [-0.05, 0) is 38.5 Å². The topological polar surface area (TPSA) is 64.3 Å². The normalized spacial score (nSPS) is 17.0. The average Bonchev–Trinajstić information content (AvgIpc) is 2.41. The number of hydrogen-bond donors (Lipinski definition) is 1. The van der Waals surface area contributed by atoms with Gasteiger partial charge < -0.3 is 15.4 Å². The molecule has 0 aliphatic carbocycles. The Morgan fingerprint density at radius 3 is 2.40 bits per heavy atom. The van der Waals surface area contributed by atoms with Crippen LogP contribution in [0.2, 0.25) is 0 Å². The van der Waals surface area contributed by atoms with E-state index >= 15 is 0 Å². The molecule has 112 valence electrons. The number of nitrogens with zero attached hydrogens (tertiary/aromatic N) is 3. The van der Waals surface area contributed by atoms with E-state index in [-0.39, 0.29) is 6.10 Å². The summed E-state index contributed by atoms with van der Waals surface area (Å²) in [7, 11) is 0. The molecule has 1 saturated heterocycles. The van der Waals surface area contributed by atoms with Gasteiger partial charge in [0.2, 0.25) is 5.88 Å². The van der Waals surface area contributed by atoms with Gasteiger partial charge in [0.05, 0.1) is 6.10 Å². The van der Waals surface area contributed by atoms with Crippen molar-refractivity contribution >= 4 is 11.5 Å². The molecule has 0 atom stereocenters. The monoisotopic (exact) mass is 278 g/mol. The van der Waals surface area contributed by atoms with Crippen LogP contribution in [0, 0.1) is 11.8 Å². The number of nitrogens with two attached hydrogens (primary N) is 1. The lowest BCUT2D eigenvalue weighted by atomic mass is 9.87. The molecule has 5 nitrogen and oxygen atoms in total. The lowest BCUT2D eigenvalue weighted by Gasteiger charge is -2.35.